The fraction of sp³-hybridized carbons (Fsp3) is 0.312. The molecule has 0 saturated heterocycles. The molecule has 0 saturated carbocycles. The Morgan fingerprint density at radius 3 is 2.71 bits per heavy atom. The summed E-state index contributed by atoms with van der Waals surface area (Å²) in [6.07, 6.45) is 1.68. The maximum Gasteiger partial charge on any atom is 0.141 e. The van der Waals surface area contributed by atoms with Gasteiger partial charge in [-0.1, -0.05) is 19.2 Å². The second-order valence-electron chi connectivity index (χ2n) is 4.81. The number of nitriles is 1. The molecule has 5 heteroatoms. The highest BCUT2D eigenvalue weighted by Gasteiger charge is 2.11. The largest absolute Gasteiger partial charge is 0.309 e. The maximum atomic E-state index is 13.6. The molecular formula is C16H21FN4. The summed E-state index contributed by atoms with van der Waals surface area (Å²) in [5.74, 6) is -0.492. The van der Waals surface area contributed by atoms with E-state index in [4.69, 9.17) is 5.26 Å². The third kappa shape index (κ3) is 4.42. The van der Waals surface area contributed by atoms with E-state index in [1.165, 1.54) is 12.1 Å². The number of hydrogen-bond donors (Lipinski definition) is 1. The standard InChI is InChI=1S/C16H21FN4/c1-6-12(2)21(5)20(4)11-19-13(3)14-7-8-15(10-18)16(17)9-14/h6-9,13,19H,1-2,11H2,3-5H3. The van der Waals surface area contributed by atoms with Crippen molar-refractivity contribution in [3.05, 3.63) is 60.1 Å². The normalized spacial score (nSPS) is 11.8. The van der Waals surface area contributed by atoms with E-state index >= 15 is 0 Å². The lowest BCUT2D eigenvalue weighted by Gasteiger charge is -2.31. The van der Waals surface area contributed by atoms with E-state index in [0.29, 0.717) is 6.67 Å². The summed E-state index contributed by atoms with van der Waals surface area (Å²) < 4.78 is 13.6. The molecule has 0 radical (unpaired) electrons. The van der Waals surface area contributed by atoms with Crippen molar-refractivity contribution in [3.8, 4) is 6.07 Å². The van der Waals surface area contributed by atoms with Crippen molar-refractivity contribution in [3.63, 3.8) is 0 Å². The van der Waals surface area contributed by atoms with Crippen LogP contribution in [0.1, 0.15) is 24.1 Å². The van der Waals surface area contributed by atoms with Gasteiger partial charge in [0.2, 0.25) is 0 Å². The van der Waals surface area contributed by atoms with Gasteiger partial charge in [-0.15, -0.1) is 0 Å². The molecule has 0 bridgehead atoms. The first-order valence-electron chi connectivity index (χ1n) is 6.59. The molecule has 1 atom stereocenters. The van der Waals surface area contributed by atoms with Gasteiger partial charge in [-0.3, -0.25) is 5.32 Å². The van der Waals surface area contributed by atoms with E-state index in [2.05, 4.69) is 18.5 Å². The van der Waals surface area contributed by atoms with Crippen LogP contribution < -0.4 is 5.32 Å². The lowest BCUT2D eigenvalue weighted by atomic mass is 10.1. The summed E-state index contributed by atoms with van der Waals surface area (Å²) in [5.41, 5.74) is 1.64. The molecule has 1 N–H and O–H groups in total. The highest BCUT2D eigenvalue weighted by molar-refractivity contribution is 5.34. The van der Waals surface area contributed by atoms with Crippen molar-refractivity contribution >= 4 is 0 Å². The Balaban J connectivity index is 2.64. The van der Waals surface area contributed by atoms with E-state index in [1.54, 1.807) is 12.1 Å². The fourth-order valence-electron chi connectivity index (χ4n) is 1.74. The molecule has 0 amide bonds. The van der Waals surface area contributed by atoms with Crippen molar-refractivity contribution in [1.82, 2.24) is 15.3 Å². The monoisotopic (exact) mass is 288 g/mol. The number of nitrogens with one attached hydrogen (secondary N) is 1. The molecule has 1 unspecified atom stereocenters. The minimum atomic E-state index is -0.492. The number of rotatable bonds is 7. The minimum absolute atomic E-state index is 0.0416. The van der Waals surface area contributed by atoms with Gasteiger partial charge in [-0.05, 0) is 30.7 Å². The summed E-state index contributed by atoms with van der Waals surface area (Å²) in [5, 5.41) is 15.8. The molecule has 4 nitrogen and oxygen atoms in total. The molecule has 0 aliphatic rings. The van der Waals surface area contributed by atoms with Crippen LogP contribution in [0.5, 0.6) is 0 Å². The predicted molar refractivity (Wildman–Crippen MR) is 82.4 cm³/mol. The topological polar surface area (TPSA) is 42.3 Å². The zero-order chi connectivity index (χ0) is 16.0. The van der Waals surface area contributed by atoms with Crippen LogP contribution in [0.3, 0.4) is 0 Å². The van der Waals surface area contributed by atoms with Crippen molar-refractivity contribution in [2.45, 2.75) is 13.0 Å². The molecule has 1 aromatic carbocycles. The third-order valence-corrected chi connectivity index (χ3v) is 3.40. The van der Waals surface area contributed by atoms with Gasteiger partial charge in [0.1, 0.15) is 11.9 Å². The van der Waals surface area contributed by atoms with Gasteiger partial charge in [-0.25, -0.2) is 9.40 Å². The smallest absolute Gasteiger partial charge is 0.141 e. The highest BCUT2D eigenvalue weighted by Crippen LogP contribution is 2.16. The molecule has 0 aliphatic carbocycles. The van der Waals surface area contributed by atoms with Crippen LogP contribution in [-0.2, 0) is 0 Å². The van der Waals surface area contributed by atoms with Crippen molar-refractivity contribution < 1.29 is 4.39 Å². The van der Waals surface area contributed by atoms with Gasteiger partial charge >= 0.3 is 0 Å². The van der Waals surface area contributed by atoms with Crippen LogP contribution in [0.2, 0.25) is 0 Å². The van der Waals surface area contributed by atoms with E-state index in [-0.39, 0.29) is 11.6 Å². The number of likely N-dealkylation sites (N-methyl/N-ethyl adjacent to an activating group) is 1. The van der Waals surface area contributed by atoms with Gasteiger partial charge in [0.25, 0.3) is 0 Å². The Labute approximate surface area is 125 Å². The maximum absolute atomic E-state index is 13.6. The Morgan fingerprint density at radius 1 is 1.52 bits per heavy atom. The number of hydrogen-bond acceptors (Lipinski definition) is 4. The van der Waals surface area contributed by atoms with Gasteiger partial charge in [0, 0.05) is 25.8 Å². The molecule has 0 fully saturated rings. The van der Waals surface area contributed by atoms with E-state index in [9.17, 15) is 4.39 Å². The van der Waals surface area contributed by atoms with Gasteiger partial charge in [0.05, 0.1) is 12.2 Å². The predicted octanol–water partition coefficient (Wildman–Crippen LogP) is 2.78. The van der Waals surface area contributed by atoms with Crippen LogP contribution in [0.25, 0.3) is 0 Å². The van der Waals surface area contributed by atoms with Gasteiger partial charge in [-0.2, -0.15) is 5.26 Å². The minimum Gasteiger partial charge on any atom is -0.309 e. The molecule has 1 rings (SSSR count). The van der Waals surface area contributed by atoms with Gasteiger partial charge in [0.15, 0.2) is 0 Å². The first-order valence-corrected chi connectivity index (χ1v) is 6.59. The van der Waals surface area contributed by atoms with Gasteiger partial charge < -0.3 is 5.01 Å². The molecule has 0 aromatic heterocycles. The quantitative estimate of drug-likeness (QED) is 0.476. The van der Waals surface area contributed by atoms with E-state index in [1.807, 2.05) is 37.1 Å². The lowest BCUT2D eigenvalue weighted by molar-refractivity contribution is 0.0569. The first kappa shape index (κ1) is 16.9. The number of benzene rings is 1. The van der Waals surface area contributed by atoms with Crippen molar-refractivity contribution in [2.75, 3.05) is 20.8 Å². The Bertz CT molecular complexity index is 562. The molecule has 112 valence electrons. The SMILES string of the molecule is C=CC(=C)N(C)N(C)CNC(C)c1ccc(C#N)c(F)c1. The molecule has 21 heavy (non-hydrogen) atoms. The summed E-state index contributed by atoms with van der Waals surface area (Å²) >= 11 is 0. The second kappa shape index (κ2) is 7.58. The summed E-state index contributed by atoms with van der Waals surface area (Å²) in [6, 6.07) is 6.42. The van der Waals surface area contributed by atoms with Crippen LogP contribution in [0, 0.1) is 17.1 Å². The Morgan fingerprint density at radius 2 is 2.19 bits per heavy atom. The second-order valence-corrected chi connectivity index (χ2v) is 4.81. The van der Waals surface area contributed by atoms with Crippen molar-refractivity contribution in [2.24, 2.45) is 0 Å². The fourth-order valence-corrected chi connectivity index (χ4v) is 1.74. The first-order chi connectivity index (χ1) is 9.90. The van der Waals surface area contributed by atoms with E-state index < -0.39 is 5.82 Å². The van der Waals surface area contributed by atoms with Crippen LogP contribution in [0.15, 0.2) is 43.1 Å². The molecule has 0 spiro atoms. The van der Waals surface area contributed by atoms with Crippen molar-refractivity contribution in [1.29, 1.82) is 5.26 Å². The lowest BCUT2D eigenvalue weighted by Crippen LogP contribution is -2.42. The Kier molecular flexibility index (Phi) is 6.10. The molecule has 0 heterocycles. The number of nitrogens with zero attached hydrogens (tertiary/aromatic N) is 3. The van der Waals surface area contributed by atoms with Crippen LogP contribution in [-0.4, -0.2) is 30.8 Å². The number of hydrazine groups is 1. The summed E-state index contributed by atoms with van der Waals surface area (Å²) in [6.45, 7) is 10.0. The molecule has 1 aromatic rings. The number of allylic oxidation sites excluding steroid dienone is 1. The van der Waals surface area contributed by atoms with E-state index in [0.717, 1.165) is 11.3 Å². The summed E-state index contributed by atoms with van der Waals surface area (Å²) in [4.78, 5) is 0. The summed E-state index contributed by atoms with van der Waals surface area (Å²) in [7, 11) is 3.80. The zero-order valence-corrected chi connectivity index (χ0v) is 12.7. The average molecular weight is 288 g/mol. The Hall–Kier alpha value is -2.16. The molecular weight excluding hydrogens is 267 g/mol. The number of halogens is 1. The molecule has 0 aliphatic heterocycles. The highest BCUT2D eigenvalue weighted by atomic mass is 19.1. The zero-order valence-electron chi connectivity index (χ0n) is 12.7. The third-order valence-electron chi connectivity index (χ3n) is 3.40. The average Bonchev–Trinajstić information content (AvgIpc) is 2.50. The van der Waals surface area contributed by atoms with Crippen LogP contribution in [0.4, 0.5) is 4.39 Å². The van der Waals surface area contributed by atoms with Crippen LogP contribution >= 0.6 is 0 Å².